The van der Waals surface area contributed by atoms with Crippen LogP contribution in [0.2, 0.25) is 0 Å². The molecule has 51 heavy (non-hydrogen) atoms. The molecule has 1 heteroatoms. The van der Waals surface area contributed by atoms with Crippen LogP contribution in [-0.4, -0.2) is 24.5 Å². The highest BCUT2D eigenvalue weighted by atomic mass is 15.1. The summed E-state index contributed by atoms with van der Waals surface area (Å²) in [5.74, 6) is 1.05. The minimum absolute atomic E-state index is 0.809. The Balaban J connectivity index is 2.21. The van der Waals surface area contributed by atoms with Crippen molar-refractivity contribution in [2.75, 3.05) is 13.6 Å². The number of hydrogen-bond acceptors (Lipinski definition) is 1. The minimum atomic E-state index is 0.809. The molecule has 1 aliphatic rings. The molecule has 0 aliphatic heterocycles. The van der Waals surface area contributed by atoms with E-state index in [1.165, 1.54) is 225 Å². The highest BCUT2D eigenvalue weighted by Gasteiger charge is 2.15. The van der Waals surface area contributed by atoms with Crippen LogP contribution in [0.5, 0.6) is 0 Å². The van der Waals surface area contributed by atoms with Gasteiger partial charge < -0.3 is 4.90 Å². The molecule has 0 heterocycles. The number of nitrogens with zero attached hydrogens (tertiary/aromatic N) is 1. The van der Waals surface area contributed by atoms with Crippen molar-refractivity contribution in [1.82, 2.24) is 4.90 Å². The van der Waals surface area contributed by atoms with Gasteiger partial charge in [-0.25, -0.2) is 0 Å². The third-order valence-corrected chi connectivity index (χ3v) is 11.7. The molecule has 0 saturated heterocycles. The van der Waals surface area contributed by atoms with E-state index in [9.17, 15) is 0 Å². The molecule has 1 aliphatic carbocycles. The lowest BCUT2D eigenvalue weighted by atomic mass is 9.94. The van der Waals surface area contributed by atoms with Crippen molar-refractivity contribution >= 4 is 0 Å². The standard InChI is InChI=1S/C50H93N/c1-4-6-8-10-12-14-16-18-20-22-24-26-28-30-32-40-46-50(51(3)48-42-36-39-45-49-43-37-34-35-38-44-49)47-41-33-31-29-27-25-23-21-19-17-15-13-11-9-7-5-2/h12-15,18-21,49-50H,4-11,16-17,22-48H2,1-3H3. The Bertz CT molecular complexity index is 733. The fraction of sp³-hybridized carbons (Fsp3) is 0.840. The summed E-state index contributed by atoms with van der Waals surface area (Å²) in [5, 5.41) is 0. The van der Waals surface area contributed by atoms with Gasteiger partial charge >= 0.3 is 0 Å². The van der Waals surface area contributed by atoms with Gasteiger partial charge in [0.05, 0.1) is 0 Å². The highest BCUT2D eigenvalue weighted by molar-refractivity contribution is 4.93. The second-order valence-corrected chi connectivity index (χ2v) is 16.6. The normalized spacial score (nSPS) is 15.5. The van der Waals surface area contributed by atoms with Gasteiger partial charge in [0.1, 0.15) is 0 Å². The highest BCUT2D eigenvalue weighted by Crippen LogP contribution is 2.27. The molecule has 298 valence electrons. The smallest absolute Gasteiger partial charge is 0.00922 e. The van der Waals surface area contributed by atoms with Crippen molar-refractivity contribution in [3.63, 3.8) is 0 Å². The zero-order chi connectivity index (χ0) is 36.6. The average Bonchev–Trinajstić information content (AvgIpc) is 3.42. The van der Waals surface area contributed by atoms with E-state index in [0.29, 0.717) is 0 Å². The summed E-state index contributed by atoms with van der Waals surface area (Å²) in [4.78, 5) is 2.78. The van der Waals surface area contributed by atoms with Gasteiger partial charge in [0.2, 0.25) is 0 Å². The van der Waals surface area contributed by atoms with Crippen LogP contribution < -0.4 is 0 Å². The Morgan fingerprint density at radius 2 is 0.824 bits per heavy atom. The van der Waals surface area contributed by atoms with Crippen LogP contribution in [0.3, 0.4) is 0 Å². The van der Waals surface area contributed by atoms with Crippen molar-refractivity contribution in [1.29, 1.82) is 0 Å². The quantitative estimate of drug-likeness (QED) is 0.0353. The van der Waals surface area contributed by atoms with E-state index < -0.39 is 0 Å². The Morgan fingerprint density at radius 3 is 1.27 bits per heavy atom. The maximum absolute atomic E-state index is 2.78. The van der Waals surface area contributed by atoms with Crippen LogP contribution >= 0.6 is 0 Å². The van der Waals surface area contributed by atoms with Gasteiger partial charge in [-0.05, 0) is 103 Å². The largest absolute Gasteiger partial charge is 0.303 e. The molecule has 0 aromatic rings. The Labute approximate surface area is 323 Å². The molecule has 1 nitrogen and oxygen atoms in total. The summed E-state index contributed by atoms with van der Waals surface area (Å²) in [7, 11) is 2.46. The second-order valence-electron chi connectivity index (χ2n) is 16.6. The second kappa shape index (κ2) is 40.1. The van der Waals surface area contributed by atoms with Crippen molar-refractivity contribution in [3.8, 4) is 0 Å². The van der Waals surface area contributed by atoms with Gasteiger partial charge in [-0.1, -0.05) is 210 Å². The van der Waals surface area contributed by atoms with E-state index in [2.05, 4.69) is 74.4 Å². The van der Waals surface area contributed by atoms with E-state index in [4.69, 9.17) is 0 Å². The molecule has 0 aromatic carbocycles. The van der Waals surface area contributed by atoms with Crippen LogP contribution in [0.1, 0.15) is 245 Å². The maximum Gasteiger partial charge on any atom is 0.00922 e. The predicted octanol–water partition coefficient (Wildman–Crippen LogP) is 17.2. The van der Waals surface area contributed by atoms with Gasteiger partial charge in [-0.3, -0.25) is 0 Å². The first kappa shape index (κ1) is 47.9. The molecule has 0 aromatic heterocycles. The van der Waals surface area contributed by atoms with Crippen molar-refractivity contribution in [3.05, 3.63) is 48.6 Å². The molecule has 0 amide bonds. The number of hydrogen-bond donors (Lipinski definition) is 0. The van der Waals surface area contributed by atoms with E-state index in [-0.39, 0.29) is 0 Å². The Hall–Kier alpha value is -1.08. The predicted molar refractivity (Wildman–Crippen MR) is 234 cm³/mol. The molecule has 0 bridgehead atoms. The summed E-state index contributed by atoms with van der Waals surface area (Å²) in [6.45, 7) is 5.88. The molecular formula is C50H93N. The summed E-state index contributed by atoms with van der Waals surface area (Å²) in [5.41, 5.74) is 0. The molecule has 0 unspecified atom stereocenters. The van der Waals surface area contributed by atoms with Gasteiger partial charge in [0.15, 0.2) is 0 Å². The van der Waals surface area contributed by atoms with Crippen molar-refractivity contribution in [2.24, 2.45) is 5.92 Å². The lowest BCUT2D eigenvalue weighted by Crippen LogP contribution is -2.32. The van der Waals surface area contributed by atoms with Crippen LogP contribution in [0, 0.1) is 5.92 Å². The molecule has 0 atom stereocenters. The van der Waals surface area contributed by atoms with Gasteiger partial charge in [-0.2, -0.15) is 0 Å². The third kappa shape index (κ3) is 34.4. The summed E-state index contributed by atoms with van der Waals surface area (Å²) >= 11 is 0. The monoisotopic (exact) mass is 708 g/mol. The third-order valence-electron chi connectivity index (χ3n) is 11.7. The summed E-state index contributed by atoms with van der Waals surface area (Å²) in [6, 6.07) is 0.809. The van der Waals surface area contributed by atoms with Crippen LogP contribution in [0.25, 0.3) is 0 Å². The van der Waals surface area contributed by atoms with Crippen molar-refractivity contribution < 1.29 is 0 Å². The summed E-state index contributed by atoms with van der Waals surface area (Å²) in [6.07, 6.45) is 69.2. The number of rotatable bonds is 37. The molecule has 1 saturated carbocycles. The average molecular weight is 708 g/mol. The summed E-state index contributed by atoms with van der Waals surface area (Å²) < 4.78 is 0. The molecule has 0 spiro atoms. The lowest BCUT2D eigenvalue weighted by molar-refractivity contribution is 0.205. The number of allylic oxidation sites excluding steroid dienone is 8. The molecule has 0 N–H and O–H groups in total. The fourth-order valence-corrected chi connectivity index (χ4v) is 8.13. The Morgan fingerprint density at radius 1 is 0.431 bits per heavy atom. The topological polar surface area (TPSA) is 3.24 Å². The molecular weight excluding hydrogens is 615 g/mol. The Kier molecular flexibility index (Phi) is 37.7. The first-order valence-electron chi connectivity index (χ1n) is 23.6. The number of unbranched alkanes of at least 4 members (excludes halogenated alkanes) is 20. The van der Waals surface area contributed by atoms with Gasteiger partial charge in [-0.15, -0.1) is 0 Å². The first-order chi connectivity index (χ1) is 25.3. The lowest BCUT2D eigenvalue weighted by Gasteiger charge is -2.28. The zero-order valence-corrected chi connectivity index (χ0v) is 35.4. The van der Waals surface area contributed by atoms with Crippen LogP contribution in [0.15, 0.2) is 48.6 Å². The van der Waals surface area contributed by atoms with E-state index in [0.717, 1.165) is 24.8 Å². The maximum atomic E-state index is 2.78. The van der Waals surface area contributed by atoms with Crippen LogP contribution in [0.4, 0.5) is 0 Å². The van der Waals surface area contributed by atoms with E-state index in [1.54, 1.807) is 0 Å². The minimum Gasteiger partial charge on any atom is -0.303 e. The SMILES string of the molecule is CCCCCC=CCC=CCCCCCCCCC(CCCCCCCCC=CCC=CCCCCC)N(C)CCCCCC1CCCCCC1. The van der Waals surface area contributed by atoms with E-state index >= 15 is 0 Å². The van der Waals surface area contributed by atoms with E-state index in [1.807, 2.05) is 0 Å². The first-order valence-corrected chi connectivity index (χ1v) is 23.6. The van der Waals surface area contributed by atoms with Gasteiger partial charge in [0.25, 0.3) is 0 Å². The van der Waals surface area contributed by atoms with Crippen molar-refractivity contribution in [2.45, 2.75) is 251 Å². The zero-order valence-electron chi connectivity index (χ0n) is 35.4. The van der Waals surface area contributed by atoms with Gasteiger partial charge in [0, 0.05) is 6.04 Å². The molecule has 1 fully saturated rings. The molecule has 1 rings (SSSR count). The fourth-order valence-electron chi connectivity index (χ4n) is 8.13. The van der Waals surface area contributed by atoms with Crippen LogP contribution in [-0.2, 0) is 0 Å². The molecule has 0 radical (unpaired) electrons.